The molecule has 1 heterocycles. The molecule has 0 saturated heterocycles. The van der Waals surface area contributed by atoms with Crippen molar-refractivity contribution >= 4 is 11.7 Å². The van der Waals surface area contributed by atoms with Gasteiger partial charge in [0.2, 0.25) is 0 Å². The molecule has 0 atom stereocenters. The standard InChI is InChI=1S/C12H14N4O/c13-6-1-7-16(10-3-4-10)12(17)9-2-5-11(14)15-8-9/h2,5,8,10H,1,3-4,7H2,(H2,14,15). The van der Waals surface area contributed by atoms with E-state index in [2.05, 4.69) is 11.1 Å². The van der Waals surface area contributed by atoms with Crippen molar-refractivity contribution in [3.63, 3.8) is 0 Å². The van der Waals surface area contributed by atoms with E-state index < -0.39 is 0 Å². The number of nitriles is 1. The van der Waals surface area contributed by atoms with Crippen LogP contribution in [0.15, 0.2) is 18.3 Å². The molecule has 1 aliphatic rings. The van der Waals surface area contributed by atoms with E-state index in [0.717, 1.165) is 12.8 Å². The Morgan fingerprint density at radius 3 is 2.88 bits per heavy atom. The summed E-state index contributed by atoms with van der Waals surface area (Å²) in [4.78, 5) is 17.8. The summed E-state index contributed by atoms with van der Waals surface area (Å²) in [5.41, 5.74) is 6.01. The number of amides is 1. The van der Waals surface area contributed by atoms with Gasteiger partial charge in [0.05, 0.1) is 18.1 Å². The summed E-state index contributed by atoms with van der Waals surface area (Å²) in [5, 5.41) is 8.59. The maximum Gasteiger partial charge on any atom is 0.255 e. The van der Waals surface area contributed by atoms with Crippen LogP contribution in [-0.2, 0) is 0 Å². The van der Waals surface area contributed by atoms with Crippen LogP contribution in [0, 0.1) is 11.3 Å². The Kier molecular flexibility index (Phi) is 3.24. The second-order valence-corrected chi connectivity index (χ2v) is 4.11. The van der Waals surface area contributed by atoms with Crippen LogP contribution in [0.25, 0.3) is 0 Å². The number of nitrogens with zero attached hydrogens (tertiary/aromatic N) is 3. The van der Waals surface area contributed by atoms with Crippen molar-refractivity contribution in [1.82, 2.24) is 9.88 Å². The van der Waals surface area contributed by atoms with E-state index in [1.807, 2.05) is 0 Å². The van der Waals surface area contributed by atoms with Gasteiger partial charge in [-0.05, 0) is 25.0 Å². The number of anilines is 1. The van der Waals surface area contributed by atoms with Crippen LogP contribution in [0.2, 0.25) is 0 Å². The van der Waals surface area contributed by atoms with Gasteiger partial charge < -0.3 is 10.6 Å². The minimum atomic E-state index is -0.0600. The van der Waals surface area contributed by atoms with E-state index in [-0.39, 0.29) is 5.91 Å². The molecule has 1 aliphatic carbocycles. The van der Waals surface area contributed by atoms with Crippen LogP contribution in [0.5, 0.6) is 0 Å². The Bertz CT molecular complexity index is 445. The highest BCUT2D eigenvalue weighted by Gasteiger charge is 2.32. The number of carbonyl (C=O) groups is 1. The molecule has 0 bridgehead atoms. The third-order valence-electron chi connectivity index (χ3n) is 2.75. The molecule has 0 spiro atoms. The third kappa shape index (κ3) is 2.72. The minimum Gasteiger partial charge on any atom is -0.384 e. The summed E-state index contributed by atoms with van der Waals surface area (Å²) >= 11 is 0. The van der Waals surface area contributed by atoms with Gasteiger partial charge in [0.25, 0.3) is 5.91 Å². The highest BCUT2D eigenvalue weighted by atomic mass is 16.2. The van der Waals surface area contributed by atoms with Gasteiger partial charge in [-0.25, -0.2) is 4.98 Å². The Hall–Kier alpha value is -2.09. The molecule has 1 aromatic rings. The van der Waals surface area contributed by atoms with E-state index in [4.69, 9.17) is 11.0 Å². The van der Waals surface area contributed by atoms with Crippen molar-refractivity contribution in [2.75, 3.05) is 12.3 Å². The third-order valence-corrected chi connectivity index (χ3v) is 2.75. The molecule has 88 valence electrons. The van der Waals surface area contributed by atoms with E-state index >= 15 is 0 Å². The van der Waals surface area contributed by atoms with Crippen molar-refractivity contribution in [1.29, 1.82) is 5.26 Å². The predicted octanol–water partition coefficient (Wildman–Crippen LogP) is 1.18. The molecule has 2 rings (SSSR count). The first-order valence-corrected chi connectivity index (χ1v) is 5.62. The van der Waals surface area contributed by atoms with E-state index in [1.54, 1.807) is 17.0 Å². The fourth-order valence-corrected chi connectivity index (χ4v) is 1.70. The number of rotatable bonds is 4. The summed E-state index contributed by atoms with van der Waals surface area (Å²) < 4.78 is 0. The van der Waals surface area contributed by atoms with E-state index in [0.29, 0.717) is 30.4 Å². The van der Waals surface area contributed by atoms with Crippen LogP contribution in [0.1, 0.15) is 29.6 Å². The van der Waals surface area contributed by atoms with Crippen molar-refractivity contribution < 1.29 is 4.79 Å². The average molecular weight is 230 g/mol. The molecule has 1 aromatic heterocycles. The fraction of sp³-hybridized carbons (Fsp3) is 0.417. The second kappa shape index (κ2) is 4.83. The van der Waals surface area contributed by atoms with Gasteiger partial charge in [-0.15, -0.1) is 0 Å². The SMILES string of the molecule is N#CCCN(C(=O)c1ccc(N)nc1)C1CC1. The molecule has 0 aliphatic heterocycles. The van der Waals surface area contributed by atoms with Crippen LogP contribution in [0.3, 0.4) is 0 Å². The van der Waals surface area contributed by atoms with Crippen molar-refractivity contribution in [3.8, 4) is 6.07 Å². The maximum atomic E-state index is 12.2. The molecule has 1 amide bonds. The number of hydrogen-bond donors (Lipinski definition) is 1. The summed E-state index contributed by atoms with van der Waals surface area (Å²) in [6.45, 7) is 0.490. The number of hydrogen-bond acceptors (Lipinski definition) is 4. The summed E-state index contributed by atoms with van der Waals surface area (Å²) in [6.07, 6.45) is 3.91. The summed E-state index contributed by atoms with van der Waals surface area (Å²) in [5.74, 6) is 0.340. The average Bonchev–Trinajstić information content (AvgIpc) is 3.14. The minimum absolute atomic E-state index is 0.0600. The predicted molar refractivity (Wildman–Crippen MR) is 62.9 cm³/mol. The number of nitrogen functional groups attached to an aromatic ring is 1. The van der Waals surface area contributed by atoms with Crippen LogP contribution >= 0.6 is 0 Å². The van der Waals surface area contributed by atoms with Crippen molar-refractivity contribution in [3.05, 3.63) is 23.9 Å². The number of pyridine rings is 1. The van der Waals surface area contributed by atoms with E-state index in [1.165, 1.54) is 6.20 Å². The first-order chi connectivity index (χ1) is 8.22. The monoisotopic (exact) mass is 230 g/mol. The van der Waals surface area contributed by atoms with Gasteiger partial charge in [0, 0.05) is 18.8 Å². The number of nitrogens with two attached hydrogens (primary N) is 1. The Labute approximate surface area is 99.9 Å². The molecule has 5 nitrogen and oxygen atoms in total. The molecule has 1 saturated carbocycles. The largest absolute Gasteiger partial charge is 0.384 e. The highest BCUT2D eigenvalue weighted by molar-refractivity contribution is 5.94. The fourth-order valence-electron chi connectivity index (χ4n) is 1.70. The highest BCUT2D eigenvalue weighted by Crippen LogP contribution is 2.28. The Morgan fingerprint density at radius 1 is 1.59 bits per heavy atom. The van der Waals surface area contributed by atoms with E-state index in [9.17, 15) is 4.79 Å². The van der Waals surface area contributed by atoms with Crippen LogP contribution in [-0.4, -0.2) is 28.4 Å². The molecule has 0 aromatic carbocycles. The van der Waals surface area contributed by atoms with Crippen molar-refractivity contribution in [2.45, 2.75) is 25.3 Å². The van der Waals surface area contributed by atoms with Gasteiger partial charge in [0.1, 0.15) is 5.82 Å². The molecule has 1 fully saturated rings. The first kappa shape index (κ1) is 11.4. The molecule has 2 N–H and O–H groups in total. The van der Waals surface area contributed by atoms with Gasteiger partial charge >= 0.3 is 0 Å². The van der Waals surface area contributed by atoms with Crippen LogP contribution < -0.4 is 5.73 Å². The molecule has 0 unspecified atom stereocenters. The zero-order valence-corrected chi connectivity index (χ0v) is 9.47. The first-order valence-electron chi connectivity index (χ1n) is 5.62. The van der Waals surface area contributed by atoms with Crippen LogP contribution in [0.4, 0.5) is 5.82 Å². The Morgan fingerprint density at radius 2 is 2.35 bits per heavy atom. The molecule has 0 radical (unpaired) electrons. The van der Waals surface area contributed by atoms with Gasteiger partial charge in [-0.1, -0.05) is 0 Å². The van der Waals surface area contributed by atoms with Gasteiger partial charge in [0.15, 0.2) is 0 Å². The zero-order chi connectivity index (χ0) is 12.3. The lowest BCUT2D eigenvalue weighted by Crippen LogP contribution is -2.34. The second-order valence-electron chi connectivity index (χ2n) is 4.11. The smallest absolute Gasteiger partial charge is 0.255 e. The Balaban J connectivity index is 2.10. The number of aromatic nitrogens is 1. The lowest BCUT2D eigenvalue weighted by molar-refractivity contribution is 0.0746. The summed E-state index contributed by atoms with van der Waals surface area (Å²) in [7, 11) is 0. The quantitative estimate of drug-likeness (QED) is 0.841. The number of carbonyl (C=O) groups excluding carboxylic acids is 1. The topological polar surface area (TPSA) is 83.0 Å². The zero-order valence-electron chi connectivity index (χ0n) is 9.47. The molecule has 17 heavy (non-hydrogen) atoms. The lowest BCUT2D eigenvalue weighted by Gasteiger charge is -2.20. The molecular weight excluding hydrogens is 216 g/mol. The molecule has 5 heteroatoms. The molecular formula is C12H14N4O. The van der Waals surface area contributed by atoms with Gasteiger partial charge in [-0.2, -0.15) is 5.26 Å². The normalized spacial score (nSPS) is 14.1. The summed E-state index contributed by atoms with van der Waals surface area (Å²) in [6, 6.07) is 5.65. The van der Waals surface area contributed by atoms with Gasteiger partial charge in [-0.3, -0.25) is 4.79 Å². The maximum absolute atomic E-state index is 12.2. The van der Waals surface area contributed by atoms with Crippen molar-refractivity contribution in [2.24, 2.45) is 0 Å². The lowest BCUT2D eigenvalue weighted by atomic mass is 10.2.